The molecule has 1 aliphatic rings. The van der Waals surface area contributed by atoms with Gasteiger partial charge < -0.3 is 5.11 Å². The minimum absolute atomic E-state index is 0.222. The molecule has 0 unspecified atom stereocenters. The molecule has 0 radical (unpaired) electrons. The highest BCUT2D eigenvalue weighted by Crippen LogP contribution is 2.41. The molecule has 13 heavy (non-hydrogen) atoms. The van der Waals surface area contributed by atoms with Crippen molar-refractivity contribution < 1.29 is 13.9 Å². The zero-order valence-electron chi connectivity index (χ0n) is 7.06. The smallest absolute Gasteiger partial charge is 0.132 e. The molecule has 0 aromatic heterocycles. The zero-order valence-corrected chi connectivity index (χ0v) is 7.06. The fraction of sp³-hybridized carbons (Fsp3) is 0.400. The van der Waals surface area contributed by atoms with Crippen LogP contribution in [0.4, 0.5) is 8.78 Å². The molecule has 1 N–H and O–H groups in total. The van der Waals surface area contributed by atoms with Crippen molar-refractivity contribution in [2.75, 3.05) is 0 Å². The standard InChI is InChI=1S/C10H10F2O/c11-7-2-3-8(9(12)6-7)10(13)4-1-5-10/h2-3,6,13H,1,4-5H2. The monoisotopic (exact) mass is 184 g/mol. The lowest BCUT2D eigenvalue weighted by molar-refractivity contribution is -0.0417. The predicted octanol–water partition coefficient (Wildman–Crippen LogP) is 2.34. The van der Waals surface area contributed by atoms with Crippen LogP contribution < -0.4 is 0 Å². The normalized spacial score (nSPS) is 19.6. The van der Waals surface area contributed by atoms with E-state index in [4.69, 9.17) is 0 Å². The minimum Gasteiger partial charge on any atom is -0.385 e. The maximum atomic E-state index is 13.2. The van der Waals surface area contributed by atoms with Gasteiger partial charge in [-0.05, 0) is 25.3 Å². The van der Waals surface area contributed by atoms with E-state index in [0.717, 1.165) is 12.5 Å². The summed E-state index contributed by atoms with van der Waals surface area (Å²) in [5, 5.41) is 9.79. The van der Waals surface area contributed by atoms with Crippen LogP contribution in [0, 0.1) is 11.6 Å². The molecule has 70 valence electrons. The first-order valence-corrected chi connectivity index (χ1v) is 4.30. The predicted molar refractivity (Wildman–Crippen MR) is 44.1 cm³/mol. The summed E-state index contributed by atoms with van der Waals surface area (Å²) in [5.41, 5.74) is -0.822. The van der Waals surface area contributed by atoms with E-state index in [2.05, 4.69) is 0 Å². The van der Waals surface area contributed by atoms with E-state index in [1.54, 1.807) is 0 Å². The molecule has 1 aliphatic carbocycles. The Labute approximate surface area is 75.0 Å². The van der Waals surface area contributed by atoms with Crippen molar-refractivity contribution in [2.24, 2.45) is 0 Å². The highest BCUT2D eigenvalue weighted by molar-refractivity contribution is 5.26. The molecule has 2 rings (SSSR count). The van der Waals surface area contributed by atoms with E-state index >= 15 is 0 Å². The van der Waals surface area contributed by atoms with Crippen molar-refractivity contribution >= 4 is 0 Å². The molecule has 1 aromatic carbocycles. The highest BCUT2D eigenvalue weighted by Gasteiger charge is 2.38. The van der Waals surface area contributed by atoms with Gasteiger partial charge in [0.15, 0.2) is 0 Å². The van der Waals surface area contributed by atoms with Crippen LogP contribution in [0.1, 0.15) is 24.8 Å². The number of aliphatic hydroxyl groups is 1. The number of benzene rings is 1. The largest absolute Gasteiger partial charge is 0.385 e. The topological polar surface area (TPSA) is 20.2 Å². The first-order chi connectivity index (χ1) is 6.12. The summed E-state index contributed by atoms with van der Waals surface area (Å²) in [6.45, 7) is 0. The Balaban J connectivity index is 2.40. The first kappa shape index (κ1) is 8.63. The van der Waals surface area contributed by atoms with E-state index in [-0.39, 0.29) is 5.56 Å². The molecule has 0 bridgehead atoms. The minimum atomic E-state index is -1.04. The van der Waals surface area contributed by atoms with E-state index in [0.29, 0.717) is 12.8 Å². The molecular formula is C10H10F2O. The van der Waals surface area contributed by atoms with E-state index < -0.39 is 17.2 Å². The molecule has 0 atom stereocenters. The summed E-state index contributed by atoms with van der Waals surface area (Å²) in [6, 6.07) is 3.31. The van der Waals surface area contributed by atoms with Crippen molar-refractivity contribution in [3.8, 4) is 0 Å². The van der Waals surface area contributed by atoms with Crippen molar-refractivity contribution in [1.29, 1.82) is 0 Å². The van der Waals surface area contributed by atoms with E-state index in [9.17, 15) is 13.9 Å². The van der Waals surface area contributed by atoms with Crippen LogP contribution in [0.3, 0.4) is 0 Å². The van der Waals surface area contributed by atoms with Crippen LogP contribution in [0.5, 0.6) is 0 Å². The number of rotatable bonds is 1. The Hall–Kier alpha value is -0.960. The Morgan fingerprint density at radius 1 is 1.23 bits per heavy atom. The molecule has 3 heteroatoms. The van der Waals surface area contributed by atoms with Gasteiger partial charge in [-0.2, -0.15) is 0 Å². The second kappa shape index (κ2) is 2.77. The lowest BCUT2D eigenvalue weighted by Gasteiger charge is -2.37. The fourth-order valence-electron chi connectivity index (χ4n) is 1.65. The molecule has 0 heterocycles. The summed E-state index contributed by atoms with van der Waals surface area (Å²) in [7, 11) is 0. The molecule has 0 spiro atoms. The third-order valence-electron chi connectivity index (χ3n) is 2.61. The molecule has 0 saturated heterocycles. The van der Waals surface area contributed by atoms with Crippen LogP contribution in [-0.2, 0) is 5.60 Å². The average Bonchev–Trinajstić information content (AvgIpc) is 2.00. The van der Waals surface area contributed by atoms with Gasteiger partial charge in [-0.3, -0.25) is 0 Å². The number of halogens is 2. The summed E-state index contributed by atoms with van der Waals surface area (Å²) in [6.07, 6.45) is 2.03. The van der Waals surface area contributed by atoms with Crippen molar-refractivity contribution in [3.63, 3.8) is 0 Å². The second-order valence-corrected chi connectivity index (χ2v) is 3.51. The maximum absolute atomic E-state index is 13.2. The summed E-state index contributed by atoms with van der Waals surface area (Å²) in [4.78, 5) is 0. The van der Waals surface area contributed by atoms with E-state index in [1.807, 2.05) is 0 Å². The number of hydrogen-bond donors (Lipinski definition) is 1. The van der Waals surface area contributed by atoms with Crippen LogP contribution in [0.2, 0.25) is 0 Å². The van der Waals surface area contributed by atoms with Gasteiger partial charge in [0.1, 0.15) is 11.6 Å². The molecule has 1 nitrogen and oxygen atoms in total. The lowest BCUT2D eigenvalue weighted by Crippen LogP contribution is -2.34. The van der Waals surface area contributed by atoms with Gasteiger partial charge in [0.25, 0.3) is 0 Å². The summed E-state index contributed by atoms with van der Waals surface area (Å²) >= 11 is 0. The van der Waals surface area contributed by atoms with Gasteiger partial charge in [0.05, 0.1) is 5.60 Å². The van der Waals surface area contributed by atoms with Gasteiger partial charge in [-0.25, -0.2) is 8.78 Å². The Morgan fingerprint density at radius 3 is 2.38 bits per heavy atom. The maximum Gasteiger partial charge on any atom is 0.132 e. The third kappa shape index (κ3) is 1.33. The third-order valence-corrected chi connectivity index (χ3v) is 2.61. The Morgan fingerprint density at radius 2 is 1.92 bits per heavy atom. The molecular weight excluding hydrogens is 174 g/mol. The second-order valence-electron chi connectivity index (χ2n) is 3.51. The van der Waals surface area contributed by atoms with E-state index in [1.165, 1.54) is 12.1 Å². The van der Waals surface area contributed by atoms with Crippen molar-refractivity contribution in [2.45, 2.75) is 24.9 Å². The summed E-state index contributed by atoms with van der Waals surface area (Å²) in [5.74, 6) is -1.26. The SMILES string of the molecule is OC1(c2ccc(F)cc2F)CCC1. The van der Waals surface area contributed by atoms with Gasteiger partial charge in [-0.1, -0.05) is 6.07 Å². The lowest BCUT2D eigenvalue weighted by atomic mass is 9.75. The summed E-state index contributed by atoms with van der Waals surface area (Å²) < 4.78 is 25.7. The molecule has 0 amide bonds. The molecule has 1 saturated carbocycles. The van der Waals surface area contributed by atoms with Crippen LogP contribution in [0.15, 0.2) is 18.2 Å². The highest BCUT2D eigenvalue weighted by atomic mass is 19.1. The molecule has 1 fully saturated rings. The van der Waals surface area contributed by atoms with Gasteiger partial charge in [0.2, 0.25) is 0 Å². The van der Waals surface area contributed by atoms with Gasteiger partial charge in [0, 0.05) is 11.6 Å². The first-order valence-electron chi connectivity index (χ1n) is 4.30. The molecule has 0 aliphatic heterocycles. The number of hydrogen-bond acceptors (Lipinski definition) is 1. The molecule has 1 aromatic rings. The fourth-order valence-corrected chi connectivity index (χ4v) is 1.65. The van der Waals surface area contributed by atoms with Crippen LogP contribution in [-0.4, -0.2) is 5.11 Å². The van der Waals surface area contributed by atoms with Crippen LogP contribution in [0.25, 0.3) is 0 Å². The van der Waals surface area contributed by atoms with Crippen molar-refractivity contribution in [3.05, 3.63) is 35.4 Å². The Bertz CT molecular complexity index is 332. The zero-order chi connectivity index (χ0) is 9.47. The van der Waals surface area contributed by atoms with Crippen molar-refractivity contribution in [1.82, 2.24) is 0 Å². The van der Waals surface area contributed by atoms with Crippen LogP contribution >= 0.6 is 0 Å². The Kier molecular flexibility index (Phi) is 1.84. The van der Waals surface area contributed by atoms with Gasteiger partial charge in [-0.15, -0.1) is 0 Å². The quantitative estimate of drug-likeness (QED) is 0.710. The van der Waals surface area contributed by atoms with Gasteiger partial charge >= 0.3 is 0 Å². The average molecular weight is 184 g/mol.